The molecule has 0 saturated carbocycles. The second-order valence-electron chi connectivity index (χ2n) is 5.83. The Morgan fingerprint density at radius 2 is 1.58 bits per heavy atom. The van der Waals surface area contributed by atoms with Crippen molar-refractivity contribution in [1.82, 2.24) is 0 Å². The van der Waals surface area contributed by atoms with Gasteiger partial charge in [0, 0.05) is 34.3 Å². The van der Waals surface area contributed by atoms with Gasteiger partial charge in [-0.2, -0.15) is 0 Å². The lowest BCUT2D eigenvalue weighted by Crippen LogP contribution is -2.26. The second-order valence-corrected chi connectivity index (χ2v) is 5.83. The lowest BCUT2D eigenvalue weighted by Gasteiger charge is -2.23. The molecule has 0 aliphatic carbocycles. The summed E-state index contributed by atoms with van der Waals surface area (Å²) in [6.45, 7) is 1.62. The Kier molecular flexibility index (Phi) is 4.66. The van der Waals surface area contributed by atoms with Crippen molar-refractivity contribution in [3.8, 4) is 0 Å². The van der Waals surface area contributed by atoms with Gasteiger partial charge in [0.15, 0.2) is 0 Å². The maximum atomic E-state index is 13.2. The second kappa shape index (κ2) is 7.06. The van der Waals surface area contributed by atoms with Gasteiger partial charge in [-0.1, -0.05) is 18.2 Å². The van der Waals surface area contributed by atoms with Gasteiger partial charge in [0.05, 0.1) is 4.92 Å². The fourth-order valence-electron chi connectivity index (χ4n) is 2.71. The van der Waals surface area contributed by atoms with Crippen LogP contribution in [0.2, 0.25) is 0 Å². The fraction of sp³-hybridized carbons (Fsp3) is 0.0500. The van der Waals surface area contributed by atoms with Crippen LogP contribution >= 0.6 is 0 Å². The molecule has 1 amide bonds. The molecule has 0 aliphatic rings. The van der Waals surface area contributed by atoms with Crippen LogP contribution in [-0.4, -0.2) is 10.8 Å². The van der Waals surface area contributed by atoms with Gasteiger partial charge in [-0.15, -0.1) is 0 Å². The number of carbonyl (C=O) groups is 1. The molecule has 0 heterocycles. The zero-order valence-electron chi connectivity index (χ0n) is 14.1. The first-order chi connectivity index (χ1) is 12.5. The molecule has 0 unspecified atom stereocenters. The summed E-state index contributed by atoms with van der Waals surface area (Å²) in [6, 6.07) is 20.5. The van der Waals surface area contributed by atoms with Crippen molar-refractivity contribution in [2.45, 2.75) is 6.92 Å². The summed E-state index contributed by atoms with van der Waals surface area (Å²) in [4.78, 5) is 25.3. The molecular formula is C20H17N3O3. The molecule has 130 valence electrons. The van der Waals surface area contributed by atoms with E-state index in [1.54, 1.807) is 36.1 Å². The molecule has 0 bridgehead atoms. The van der Waals surface area contributed by atoms with E-state index < -0.39 is 4.92 Å². The Labute approximate surface area is 150 Å². The largest absolute Gasteiger partial charge is 0.399 e. The molecule has 26 heavy (non-hydrogen) atoms. The highest BCUT2D eigenvalue weighted by molar-refractivity contribution is 6.11. The topological polar surface area (TPSA) is 89.5 Å². The number of benzene rings is 3. The summed E-state index contributed by atoms with van der Waals surface area (Å²) in [7, 11) is 0. The van der Waals surface area contributed by atoms with Crippen molar-refractivity contribution in [3.63, 3.8) is 0 Å². The number of nitro benzene ring substituents is 1. The molecule has 3 rings (SSSR count). The first-order valence-electron chi connectivity index (χ1n) is 7.97. The summed E-state index contributed by atoms with van der Waals surface area (Å²) >= 11 is 0. The van der Waals surface area contributed by atoms with Crippen LogP contribution in [0.15, 0.2) is 72.8 Å². The van der Waals surface area contributed by atoms with Crippen LogP contribution in [-0.2, 0) is 0 Å². The van der Waals surface area contributed by atoms with Crippen molar-refractivity contribution in [2.75, 3.05) is 10.6 Å². The summed E-state index contributed by atoms with van der Waals surface area (Å²) in [5, 5.41) is 11.0. The van der Waals surface area contributed by atoms with Gasteiger partial charge in [-0.3, -0.25) is 19.8 Å². The summed E-state index contributed by atoms with van der Waals surface area (Å²) in [5.41, 5.74) is 8.49. The Bertz CT molecular complexity index is 954. The quantitative estimate of drug-likeness (QED) is 0.428. The Morgan fingerprint density at radius 1 is 0.962 bits per heavy atom. The molecule has 0 saturated heterocycles. The number of nitrogen functional groups attached to an aromatic ring is 1. The lowest BCUT2D eigenvalue weighted by atomic mass is 10.1. The van der Waals surface area contributed by atoms with Gasteiger partial charge in [0.25, 0.3) is 11.6 Å². The van der Waals surface area contributed by atoms with Crippen LogP contribution in [0.5, 0.6) is 0 Å². The highest BCUT2D eigenvalue weighted by Crippen LogP contribution is 2.29. The van der Waals surface area contributed by atoms with Gasteiger partial charge in [-0.05, 0) is 55.5 Å². The molecule has 0 radical (unpaired) electrons. The molecular weight excluding hydrogens is 330 g/mol. The van der Waals surface area contributed by atoms with Crippen LogP contribution in [0.25, 0.3) is 0 Å². The summed E-state index contributed by atoms with van der Waals surface area (Å²) in [6.07, 6.45) is 0. The van der Waals surface area contributed by atoms with E-state index in [4.69, 9.17) is 5.73 Å². The predicted octanol–water partition coefficient (Wildman–Crippen LogP) is 4.46. The number of hydrogen-bond donors (Lipinski definition) is 1. The average molecular weight is 347 g/mol. The van der Waals surface area contributed by atoms with E-state index in [1.165, 1.54) is 18.2 Å². The van der Waals surface area contributed by atoms with E-state index in [0.717, 1.165) is 0 Å². The molecule has 0 aliphatic heterocycles. The average Bonchev–Trinajstić information content (AvgIpc) is 2.64. The highest BCUT2D eigenvalue weighted by Gasteiger charge is 2.21. The number of amides is 1. The number of anilines is 3. The van der Waals surface area contributed by atoms with Crippen LogP contribution < -0.4 is 10.6 Å². The van der Waals surface area contributed by atoms with Crippen LogP contribution in [0.3, 0.4) is 0 Å². The first-order valence-corrected chi connectivity index (χ1v) is 7.97. The zero-order chi connectivity index (χ0) is 18.7. The van der Waals surface area contributed by atoms with E-state index >= 15 is 0 Å². The van der Waals surface area contributed by atoms with Gasteiger partial charge in [0.1, 0.15) is 0 Å². The normalized spacial score (nSPS) is 10.3. The third-order valence-corrected chi connectivity index (χ3v) is 4.01. The molecule has 6 nitrogen and oxygen atoms in total. The van der Waals surface area contributed by atoms with E-state index in [-0.39, 0.29) is 11.6 Å². The molecule has 0 spiro atoms. The smallest absolute Gasteiger partial charge is 0.272 e. The monoisotopic (exact) mass is 347 g/mol. The van der Waals surface area contributed by atoms with Crippen LogP contribution in [0.4, 0.5) is 22.7 Å². The number of nitrogens with two attached hydrogens (primary N) is 1. The SMILES string of the molecule is Cc1cc(C(=O)N(c2ccccc2)c2ccc(N)cc2)ccc1[N+](=O)[O-]. The molecule has 0 aromatic heterocycles. The van der Waals surface area contributed by atoms with E-state index in [2.05, 4.69) is 0 Å². The highest BCUT2D eigenvalue weighted by atomic mass is 16.6. The first kappa shape index (κ1) is 17.2. The van der Waals surface area contributed by atoms with Crippen molar-refractivity contribution in [3.05, 3.63) is 94.0 Å². The van der Waals surface area contributed by atoms with Crippen molar-refractivity contribution < 1.29 is 9.72 Å². The number of nitrogens with zero attached hydrogens (tertiary/aromatic N) is 2. The minimum atomic E-state index is -0.460. The van der Waals surface area contributed by atoms with Gasteiger partial charge < -0.3 is 5.73 Å². The Morgan fingerprint density at radius 3 is 2.15 bits per heavy atom. The lowest BCUT2D eigenvalue weighted by molar-refractivity contribution is -0.385. The molecule has 6 heteroatoms. The maximum Gasteiger partial charge on any atom is 0.272 e. The summed E-state index contributed by atoms with van der Waals surface area (Å²) in [5.74, 6) is -0.279. The number of carbonyl (C=O) groups excluding carboxylic acids is 1. The van der Waals surface area contributed by atoms with Crippen LogP contribution in [0.1, 0.15) is 15.9 Å². The van der Waals surface area contributed by atoms with E-state index in [0.29, 0.717) is 28.2 Å². The van der Waals surface area contributed by atoms with E-state index in [9.17, 15) is 14.9 Å². The number of hydrogen-bond acceptors (Lipinski definition) is 4. The fourth-order valence-corrected chi connectivity index (χ4v) is 2.71. The number of aryl methyl sites for hydroxylation is 1. The number of rotatable bonds is 4. The molecule has 3 aromatic carbocycles. The van der Waals surface area contributed by atoms with Crippen LogP contribution in [0, 0.1) is 17.0 Å². The van der Waals surface area contributed by atoms with Crippen molar-refractivity contribution in [2.24, 2.45) is 0 Å². The Balaban J connectivity index is 2.07. The molecule has 3 aromatic rings. The van der Waals surface area contributed by atoms with Gasteiger partial charge >= 0.3 is 0 Å². The molecule has 2 N–H and O–H groups in total. The Hall–Kier alpha value is -3.67. The zero-order valence-corrected chi connectivity index (χ0v) is 14.1. The third-order valence-electron chi connectivity index (χ3n) is 4.01. The van der Waals surface area contributed by atoms with Gasteiger partial charge in [-0.25, -0.2) is 0 Å². The maximum absolute atomic E-state index is 13.2. The van der Waals surface area contributed by atoms with Crippen molar-refractivity contribution in [1.29, 1.82) is 0 Å². The number of nitro groups is 1. The standard InChI is InChI=1S/C20H17N3O3/c1-14-13-15(7-12-19(14)23(25)26)20(24)22(17-5-3-2-4-6-17)18-10-8-16(21)9-11-18/h2-13H,21H2,1H3. The molecule has 0 fully saturated rings. The third kappa shape index (κ3) is 3.39. The van der Waals surface area contributed by atoms with Gasteiger partial charge in [0.2, 0.25) is 0 Å². The summed E-state index contributed by atoms with van der Waals surface area (Å²) < 4.78 is 0. The predicted molar refractivity (Wildman–Crippen MR) is 102 cm³/mol. The van der Waals surface area contributed by atoms with Crippen molar-refractivity contribution >= 4 is 28.7 Å². The van der Waals surface area contributed by atoms with E-state index in [1.807, 2.05) is 30.3 Å². The number of para-hydroxylation sites is 1. The molecule has 0 atom stereocenters. The minimum absolute atomic E-state index is 0.0136. The minimum Gasteiger partial charge on any atom is -0.399 e.